The summed E-state index contributed by atoms with van der Waals surface area (Å²) in [6.45, 7) is 10.8. The number of nitrogens with zero attached hydrogens (tertiary/aromatic N) is 1. The maximum atomic E-state index is 12.5. The first-order chi connectivity index (χ1) is 12.2. The van der Waals surface area contributed by atoms with E-state index < -0.39 is 11.5 Å². The normalized spacial score (nSPS) is 17.5. The van der Waals surface area contributed by atoms with E-state index >= 15 is 0 Å². The van der Waals surface area contributed by atoms with Crippen LogP contribution in [-0.4, -0.2) is 47.5 Å². The smallest absolute Gasteiger partial charge is 0.243 e. The Morgan fingerprint density at radius 2 is 1.92 bits per heavy atom. The molecule has 2 rings (SSSR count). The standard InChI is InChI=1S/C20H30N2O3S/c1-14(2)15-6-8-16(9-7-15)25-11-10-21-18(23)17-12-26-13-22(17)19(24)20(3,4)5/h6-9,14,17H,10-13H2,1-5H3,(H,21,23). The molecule has 1 aliphatic rings. The van der Waals surface area contributed by atoms with Crippen LogP contribution >= 0.6 is 11.8 Å². The van der Waals surface area contributed by atoms with Crippen molar-refractivity contribution in [2.24, 2.45) is 5.41 Å². The average Bonchev–Trinajstić information content (AvgIpc) is 3.07. The van der Waals surface area contributed by atoms with Gasteiger partial charge in [-0.2, -0.15) is 0 Å². The average molecular weight is 379 g/mol. The maximum Gasteiger partial charge on any atom is 0.243 e. The van der Waals surface area contributed by atoms with E-state index in [9.17, 15) is 9.59 Å². The Labute approximate surface area is 160 Å². The molecule has 1 N–H and O–H groups in total. The lowest BCUT2D eigenvalue weighted by atomic mass is 9.94. The fraction of sp³-hybridized carbons (Fsp3) is 0.600. The van der Waals surface area contributed by atoms with Crippen LogP contribution in [0.3, 0.4) is 0 Å². The number of rotatable bonds is 6. The lowest BCUT2D eigenvalue weighted by molar-refractivity contribution is -0.144. The van der Waals surface area contributed by atoms with Gasteiger partial charge in [-0.05, 0) is 23.6 Å². The summed E-state index contributed by atoms with van der Waals surface area (Å²) in [7, 11) is 0. The van der Waals surface area contributed by atoms with E-state index in [0.29, 0.717) is 30.7 Å². The van der Waals surface area contributed by atoms with Crippen molar-refractivity contribution < 1.29 is 14.3 Å². The number of benzene rings is 1. The molecule has 1 atom stereocenters. The van der Waals surface area contributed by atoms with Crippen LogP contribution in [0.25, 0.3) is 0 Å². The summed E-state index contributed by atoms with van der Waals surface area (Å²) in [5.74, 6) is 2.42. The van der Waals surface area contributed by atoms with E-state index in [4.69, 9.17) is 4.74 Å². The van der Waals surface area contributed by atoms with Gasteiger partial charge in [-0.15, -0.1) is 11.8 Å². The van der Waals surface area contributed by atoms with Gasteiger partial charge >= 0.3 is 0 Å². The zero-order valence-electron chi connectivity index (χ0n) is 16.4. The number of hydrogen-bond acceptors (Lipinski definition) is 4. The Balaban J connectivity index is 1.78. The number of ether oxygens (including phenoxy) is 1. The molecule has 2 amide bonds. The predicted molar refractivity (Wildman–Crippen MR) is 106 cm³/mol. The van der Waals surface area contributed by atoms with Crippen molar-refractivity contribution in [1.82, 2.24) is 10.2 Å². The molecular formula is C20H30N2O3S. The molecule has 144 valence electrons. The molecule has 1 saturated heterocycles. The minimum atomic E-state index is -0.477. The third kappa shape index (κ3) is 5.40. The summed E-state index contributed by atoms with van der Waals surface area (Å²) in [5, 5.41) is 2.89. The molecule has 0 spiro atoms. The van der Waals surface area contributed by atoms with E-state index in [1.54, 1.807) is 16.7 Å². The largest absolute Gasteiger partial charge is 0.492 e. The lowest BCUT2D eigenvalue weighted by Crippen LogP contribution is -2.50. The third-order valence-electron chi connectivity index (χ3n) is 4.30. The van der Waals surface area contributed by atoms with Crippen LogP contribution in [0.2, 0.25) is 0 Å². The van der Waals surface area contributed by atoms with Gasteiger partial charge in [0, 0.05) is 11.2 Å². The van der Waals surface area contributed by atoms with Crippen molar-refractivity contribution in [2.45, 2.75) is 46.6 Å². The molecule has 1 aromatic rings. The van der Waals surface area contributed by atoms with Crippen LogP contribution in [0.5, 0.6) is 5.75 Å². The second-order valence-corrected chi connectivity index (χ2v) is 8.90. The molecule has 0 radical (unpaired) electrons. The van der Waals surface area contributed by atoms with Gasteiger partial charge in [0.1, 0.15) is 18.4 Å². The first-order valence-corrected chi connectivity index (χ1v) is 10.2. The van der Waals surface area contributed by atoms with Gasteiger partial charge in [0.15, 0.2) is 0 Å². The summed E-state index contributed by atoms with van der Waals surface area (Å²) in [4.78, 5) is 26.6. The molecule has 0 aromatic heterocycles. The van der Waals surface area contributed by atoms with Gasteiger partial charge in [-0.25, -0.2) is 0 Å². The topological polar surface area (TPSA) is 58.6 Å². The van der Waals surface area contributed by atoms with E-state index in [0.717, 1.165) is 5.75 Å². The Kier molecular flexibility index (Phi) is 6.98. The van der Waals surface area contributed by atoms with Crippen LogP contribution in [0.4, 0.5) is 0 Å². The van der Waals surface area contributed by atoms with Crippen molar-refractivity contribution in [1.29, 1.82) is 0 Å². The molecule has 1 fully saturated rings. The van der Waals surface area contributed by atoms with E-state index in [-0.39, 0.29) is 11.8 Å². The highest BCUT2D eigenvalue weighted by atomic mass is 32.2. The number of carbonyl (C=O) groups excluding carboxylic acids is 2. The molecular weight excluding hydrogens is 348 g/mol. The highest BCUT2D eigenvalue weighted by Gasteiger charge is 2.38. The van der Waals surface area contributed by atoms with Crippen LogP contribution in [0.15, 0.2) is 24.3 Å². The van der Waals surface area contributed by atoms with Crippen molar-refractivity contribution in [3.63, 3.8) is 0 Å². The minimum Gasteiger partial charge on any atom is -0.492 e. The zero-order chi connectivity index (χ0) is 19.3. The van der Waals surface area contributed by atoms with Crippen LogP contribution in [0, 0.1) is 5.41 Å². The first kappa shape index (κ1) is 20.6. The summed E-state index contributed by atoms with van der Waals surface area (Å²) in [5.41, 5.74) is 0.794. The number of thioether (sulfide) groups is 1. The van der Waals surface area contributed by atoms with Crippen molar-refractivity contribution in [2.75, 3.05) is 24.8 Å². The quantitative estimate of drug-likeness (QED) is 0.772. The van der Waals surface area contributed by atoms with Crippen molar-refractivity contribution in [3.8, 4) is 5.75 Å². The number of hydrogen-bond donors (Lipinski definition) is 1. The SMILES string of the molecule is CC(C)c1ccc(OCCNC(=O)C2CSCN2C(=O)C(C)(C)C)cc1. The van der Waals surface area contributed by atoms with Gasteiger partial charge in [-0.1, -0.05) is 46.8 Å². The zero-order valence-corrected chi connectivity index (χ0v) is 17.2. The molecule has 0 saturated carbocycles. The molecule has 1 heterocycles. The van der Waals surface area contributed by atoms with Crippen LogP contribution in [0.1, 0.15) is 46.1 Å². The van der Waals surface area contributed by atoms with Gasteiger partial charge in [0.05, 0.1) is 12.4 Å². The van der Waals surface area contributed by atoms with Crippen LogP contribution in [-0.2, 0) is 9.59 Å². The minimum absolute atomic E-state index is 0.0177. The Bertz CT molecular complexity index is 623. The molecule has 6 heteroatoms. The second kappa shape index (κ2) is 8.80. The summed E-state index contributed by atoms with van der Waals surface area (Å²) >= 11 is 1.62. The van der Waals surface area contributed by atoms with Gasteiger partial charge in [0.25, 0.3) is 0 Å². The summed E-state index contributed by atoms with van der Waals surface area (Å²) in [6, 6.07) is 7.63. The molecule has 5 nitrogen and oxygen atoms in total. The number of nitrogens with one attached hydrogen (secondary N) is 1. The summed E-state index contributed by atoms with van der Waals surface area (Å²) < 4.78 is 5.68. The van der Waals surface area contributed by atoms with Gasteiger partial charge < -0.3 is 15.0 Å². The van der Waals surface area contributed by atoms with E-state index in [1.165, 1.54) is 5.56 Å². The lowest BCUT2D eigenvalue weighted by Gasteiger charge is -2.29. The summed E-state index contributed by atoms with van der Waals surface area (Å²) in [6.07, 6.45) is 0. The van der Waals surface area contributed by atoms with E-state index in [1.807, 2.05) is 32.9 Å². The number of carbonyl (C=O) groups is 2. The molecule has 1 aliphatic heterocycles. The highest BCUT2D eigenvalue weighted by Crippen LogP contribution is 2.27. The third-order valence-corrected chi connectivity index (χ3v) is 5.32. The number of amides is 2. The maximum absolute atomic E-state index is 12.5. The Morgan fingerprint density at radius 3 is 2.50 bits per heavy atom. The Morgan fingerprint density at radius 1 is 1.27 bits per heavy atom. The first-order valence-electron chi connectivity index (χ1n) is 9.09. The van der Waals surface area contributed by atoms with E-state index in [2.05, 4.69) is 31.3 Å². The monoisotopic (exact) mass is 378 g/mol. The molecule has 0 bridgehead atoms. The molecule has 1 aromatic carbocycles. The van der Waals surface area contributed by atoms with Crippen LogP contribution < -0.4 is 10.1 Å². The molecule has 1 unspecified atom stereocenters. The molecule has 0 aliphatic carbocycles. The van der Waals surface area contributed by atoms with Gasteiger partial charge in [-0.3, -0.25) is 9.59 Å². The van der Waals surface area contributed by atoms with Gasteiger partial charge in [0.2, 0.25) is 11.8 Å². The Hall–Kier alpha value is -1.69. The second-order valence-electron chi connectivity index (χ2n) is 7.90. The molecule has 26 heavy (non-hydrogen) atoms. The van der Waals surface area contributed by atoms with Crippen molar-refractivity contribution in [3.05, 3.63) is 29.8 Å². The van der Waals surface area contributed by atoms with Crippen molar-refractivity contribution >= 4 is 23.6 Å². The fourth-order valence-electron chi connectivity index (χ4n) is 2.70. The highest BCUT2D eigenvalue weighted by molar-refractivity contribution is 7.99. The fourth-order valence-corrected chi connectivity index (χ4v) is 3.85. The predicted octanol–water partition coefficient (Wildman–Crippen LogP) is 3.25.